The van der Waals surface area contributed by atoms with Gasteiger partial charge in [-0.05, 0) is 39.0 Å². The van der Waals surface area contributed by atoms with Gasteiger partial charge in [0.15, 0.2) is 0 Å². The zero-order valence-electron chi connectivity index (χ0n) is 10.4. The lowest BCUT2D eigenvalue weighted by Crippen LogP contribution is -2.47. The molecule has 2 atom stereocenters. The van der Waals surface area contributed by atoms with Gasteiger partial charge in [0.1, 0.15) is 0 Å². The van der Waals surface area contributed by atoms with Crippen molar-refractivity contribution in [2.75, 3.05) is 13.6 Å². The highest BCUT2D eigenvalue weighted by atomic mass is 16.2. The van der Waals surface area contributed by atoms with Gasteiger partial charge in [-0.2, -0.15) is 0 Å². The number of carbonyl (C=O) groups excluding carboxylic acids is 1. The van der Waals surface area contributed by atoms with Crippen molar-refractivity contribution in [3.63, 3.8) is 0 Å². The van der Waals surface area contributed by atoms with Gasteiger partial charge in [0, 0.05) is 19.6 Å². The first-order chi connectivity index (χ1) is 7.10. The van der Waals surface area contributed by atoms with E-state index in [4.69, 9.17) is 0 Å². The molecule has 15 heavy (non-hydrogen) atoms. The van der Waals surface area contributed by atoms with Gasteiger partial charge >= 0.3 is 0 Å². The van der Waals surface area contributed by atoms with Crippen LogP contribution in [0, 0.1) is 5.92 Å². The van der Waals surface area contributed by atoms with Gasteiger partial charge in [-0.3, -0.25) is 4.79 Å². The van der Waals surface area contributed by atoms with Crippen LogP contribution in [0.2, 0.25) is 0 Å². The van der Waals surface area contributed by atoms with Crippen LogP contribution in [0.3, 0.4) is 0 Å². The number of rotatable bonds is 6. The summed E-state index contributed by atoms with van der Waals surface area (Å²) < 4.78 is 0. The predicted octanol–water partition coefficient (Wildman–Crippen LogP) is 1.63. The first-order valence-corrected chi connectivity index (χ1v) is 6.11. The Morgan fingerprint density at radius 1 is 1.47 bits per heavy atom. The monoisotopic (exact) mass is 212 g/mol. The highest BCUT2D eigenvalue weighted by Crippen LogP contribution is 2.34. The van der Waals surface area contributed by atoms with E-state index in [1.165, 1.54) is 12.8 Å². The molecule has 88 valence electrons. The van der Waals surface area contributed by atoms with Gasteiger partial charge in [-0.25, -0.2) is 0 Å². The van der Waals surface area contributed by atoms with Crippen LogP contribution in [-0.4, -0.2) is 36.5 Å². The van der Waals surface area contributed by atoms with Crippen molar-refractivity contribution in [2.45, 2.75) is 52.1 Å². The maximum absolute atomic E-state index is 11.8. The molecule has 3 heteroatoms. The molecule has 0 aromatic rings. The van der Waals surface area contributed by atoms with Crippen molar-refractivity contribution in [1.29, 1.82) is 0 Å². The summed E-state index contributed by atoms with van der Waals surface area (Å²) in [5.74, 6) is 1.02. The van der Waals surface area contributed by atoms with Gasteiger partial charge < -0.3 is 10.2 Å². The Labute approximate surface area is 93.2 Å². The van der Waals surface area contributed by atoms with Crippen LogP contribution in [0.15, 0.2) is 0 Å². The quantitative estimate of drug-likeness (QED) is 0.726. The SMILES string of the molecule is CCC(NC(C)C(=O)N(C)CC)C1CC1. The Morgan fingerprint density at radius 3 is 2.47 bits per heavy atom. The molecule has 0 aromatic carbocycles. The number of carbonyl (C=O) groups is 1. The topological polar surface area (TPSA) is 32.3 Å². The summed E-state index contributed by atoms with van der Waals surface area (Å²) in [6, 6.07) is 0.495. The molecular weight excluding hydrogens is 188 g/mol. The molecular formula is C12H24N2O. The molecule has 1 amide bonds. The lowest BCUT2D eigenvalue weighted by atomic mass is 10.1. The summed E-state index contributed by atoms with van der Waals surface area (Å²) in [4.78, 5) is 13.6. The number of likely N-dealkylation sites (N-methyl/N-ethyl adjacent to an activating group) is 1. The molecule has 2 unspecified atom stereocenters. The first-order valence-electron chi connectivity index (χ1n) is 6.11. The third-order valence-corrected chi connectivity index (χ3v) is 3.32. The van der Waals surface area contributed by atoms with E-state index in [1.807, 2.05) is 20.9 Å². The minimum atomic E-state index is -0.0412. The van der Waals surface area contributed by atoms with E-state index in [0.717, 1.165) is 18.9 Å². The Morgan fingerprint density at radius 2 is 2.07 bits per heavy atom. The number of hydrogen-bond acceptors (Lipinski definition) is 2. The molecule has 0 radical (unpaired) electrons. The molecule has 0 aliphatic heterocycles. The molecule has 0 saturated heterocycles. The summed E-state index contributed by atoms with van der Waals surface area (Å²) in [6.45, 7) is 6.95. The molecule has 1 rings (SSSR count). The van der Waals surface area contributed by atoms with E-state index in [-0.39, 0.29) is 11.9 Å². The Hall–Kier alpha value is -0.570. The molecule has 0 aromatic heterocycles. The van der Waals surface area contributed by atoms with Gasteiger partial charge in [0.25, 0.3) is 0 Å². The maximum atomic E-state index is 11.8. The van der Waals surface area contributed by atoms with Crippen LogP contribution < -0.4 is 5.32 Å². The van der Waals surface area contributed by atoms with Gasteiger partial charge in [0.2, 0.25) is 5.91 Å². The molecule has 1 aliphatic carbocycles. The zero-order valence-corrected chi connectivity index (χ0v) is 10.4. The number of nitrogens with zero attached hydrogens (tertiary/aromatic N) is 1. The lowest BCUT2D eigenvalue weighted by molar-refractivity contribution is -0.131. The molecule has 3 nitrogen and oxygen atoms in total. The second-order valence-electron chi connectivity index (χ2n) is 4.59. The Balaban J connectivity index is 2.38. The van der Waals surface area contributed by atoms with Crippen molar-refractivity contribution in [2.24, 2.45) is 5.92 Å². The van der Waals surface area contributed by atoms with E-state index in [0.29, 0.717) is 6.04 Å². The van der Waals surface area contributed by atoms with Crippen LogP contribution in [0.1, 0.15) is 40.0 Å². The van der Waals surface area contributed by atoms with Crippen LogP contribution in [0.4, 0.5) is 0 Å². The molecule has 1 fully saturated rings. The molecule has 1 saturated carbocycles. The average molecular weight is 212 g/mol. The smallest absolute Gasteiger partial charge is 0.239 e. The fourth-order valence-corrected chi connectivity index (χ4v) is 1.96. The van der Waals surface area contributed by atoms with Crippen LogP contribution in [0.5, 0.6) is 0 Å². The molecule has 0 spiro atoms. The van der Waals surface area contributed by atoms with Gasteiger partial charge in [0.05, 0.1) is 6.04 Å². The van der Waals surface area contributed by atoms with E-state index in [2.05, 4.69) is 12.2 Å². The second kappa shape index (κ2) is 5.50. The van der Waals surface area contributed by atoms with E-state index in [1.54, 1.807) is 4.90 Å². The summed E-state index contributed by atoms with van der Waals surface area (Å²) in [6.07, 6.45) is 3.78. The standard InChI is InChI=1S/C12H24N2O/c1-5-11(10-7-8-10)13-9(3)12(15)14(4)6-2/h9-11,13H,5-8H2,1-4H3. The summed E-state index contributed by atoms with van der Waals surface area (Å²) >= 11 is 0. The van der Waals surface area contributed by atoms with Gasteiger partial charge in [-0.1, -0.05) is 6.92 Å². The van der Waals surface area contributed by atoms with E-state index in [9.17, 15) is 4.79 Å². The van der Waals surface area contributed by atoms with Crippen molar-refractivity contribution in [1.82, 2.24) is 10.2 Å². The molecule has 1 N–H and O–H groups in total. The maximum Gasteiger partial charge on any atom is 0.239 e. The molecule has 0 heterocycles. The summed E-state index contributed by atoms with van der Waals surface area (Å²) in [5.41, 5.74) is 0. The third kappa shape index (κ3) is 3.49. The van der Waals surface area contributed by atoms with E-state index < -0.39 is 0 Å². The lowest BCUT2D eigenvalue weighted by Gasteiger charge is -2.25. The fourth-order valence-electron chi connectivity index (χ4n) is 1.96. The first kappa shape index (κ1) is 12.5. The fraction of sp³-hybridized carbons (Fsp3) is 0.917. The largest absolute Gasteiger partial charge is 0.345 e. The highest BCUT2D eigenvalue weighted by Gasteiger charge is 2.31. The van der Waals surface area contributed by atoms with Crippen molar-refractivity contribution < 1.29 is 4.79 Å². The van der Waals surface area contributed by atoms with E-state index >= 15 is 0 Å². The Kier molecular flexibility index (Phi) is 4.58. The minimum absolute atomic E-state index is 0.0412. The minimum Gasteiger partial charge on any atom is -0.345 e. The number of nitrogens with one attached hydrogen (secondary N) is 1. The number of hydrogen-bond donors (Lipinski definition) is 1. The number of amides is 1. The van der Waals surface area contributed by atoms with Crippen molar-refractivity contribution in [3.8, 4) is 0 Å². The van der Waals surface area contributed by atoms with Crippen LogP contribution >= 0.6 is 0 Å². The molecule has 1 aliphatic rings. The second-order valence-corrected chi connectivity index (χ2v) is 4.59. The zero-order chi connectivity index (χ0) is 11.4. The summed E-state index contributed by atoms with van der Waals surface area (Å²) in [5, 5.41) is 3.45. The average Bonchev–Trinajstić information content (AvgIpc) is 3.07. The summed E-state index contributed by atoms with van der Waals surface area (Å²) in [7, 11) is 1.86. The molecule has 0 bridgehead atoms. The Bertz CT molecular complexity index is 214. The normalized spacial score (nSPS) is 19.7. The van der Waals surface area contributed by atoms with Crippen molar-refractivity contribution in [3.05, 3.63) is 0 Å². The van der Waals surface area contributed by atoms with Gasteiger partial charge in [-0.15, -0.1) is 0 Å². The van der Waals surface area contributed by atoms with Crippen LogP contribution in [-0.2, 0) is 4.79 Å². The highest BCUT2D eigenvalue weighted by molar-refractivity contribution is 5.81. The predicted molar refractivity (Wildman–Crippen MR) is 62.7 cm³/mol. The van der Waals surface area contributed by atoms with Crippen molar-refractivity contribution >= 4 is 5.91 Å². The van der Waals surface area contributed by atoms with Crippen LogP contribution in [0.25, 0.3) is 0 Å². The third-order valence-electron chi connectivity index (χ3n) is 3.32.